The van der Waals surface area contributed by atoms with Crippen molar-refractivity contribution in [3.63, 3.8) is 0 Å². The number of hydrogen-bond donors (Lipinski definition) is 2. The SMILES string of the molecule is CC(C)NC(C=O)CCO. The van der Waals surface area contributed by atoms with Crippen LogP contribution < -0.4 is 5.32 Å². The third-order valence-electron chi connectivity index (χ3n) is 1.15. The van der Waals surface area contributed by atoms with Gasteiger partial charge in [-0.3, -0.25) is 0 Å². The van der Waals surface area contributed by atoms with Gasteiger partial charge in [-0.25, -0.2) is 0 Å². The predicted octanol–water partition coefficient (Wildman–Crippen LogP) is -0.0657. The van der Waals surface area contributed by atoms with E-state index in [4.69, 9.17) is 5.11 Å². The molecule has 0 aliphatic carbocycles. The Kier molecular flexibility index (Phi) is 5.16. The van der Waals surface area contributed by atoms with Gasteiger partial charge in [0.2, 0.25) is 0 Å². The second-order valence-electron chi connectivity index (χ2n) is 2.58. The first-order valence-electron chi connectivity index (χ1n) is 3.53. The smallest absolute Gasteiger partial charge is 0.136 e. The van der Waals surface area contributed by atoms with Crippen molar-refractivity contribution < 1.29 is 9.90 Å². The summed E-state index contributed by atoms with van der Waals surface area (Å²) in [7, 11) is 0. The van der Waals surface area contributed by atoms with Crippen LogP contribution in [0.1, 0.15) is 20.3 Å². The van der Waals surface area contributed by atoms with Gasteiger partial charge in [0.15, 0.2) is 0 Å². The number of carbonyl (C=O) groups is 1. The number of aldehydes is 1. The molecule has 10 heavy (non-hydrogen) atoms. The minimum absolute atomic E-state index is 0.0587. The second-order valence-corrected chi connectivity index (χ2v) is 2.58. The van der Waals surface area contributed by atoms with Gasteiger partial charge < -0.3 is 15.2 Å². The fourth-order valence-electron chi connectivity index (χ4n) is 0.758. The highest BCUT2D eigenvalue weighted by Crippen LogP contribution is 1.88. The summed E-state index contributed by atoms with van der Waals surface area (Å²) >= 11 is 0. The zero-order valence-electron chi connectivity index (χ0n) is 6.50. The van der Waals surface area contributed by atoms with Crippen LogP contribution in [0.2, 0.25) is 0 Å². The van der Waals surface area contributed by atoms with E-state index in [1.54, 1.807) is 0 Å². The minimum atomic E-state index is -0.190. The maximum absolute atomic E-state index is 10.3. The largest absolute Gasteiger partial charge is 0.396 e. The molecule has 0 aromatic heterocycles. The Balaban J connectivity index is 3.49. The summed E-state index contributed by atoms with van der Waals surface area (Å²) < 4.78 is 0. The van der Waals surface area contributed by atoms with Gasteiger partial charge >= 0.3 is 0 Å². The molecular formula is C7H15NO2. The van der Waals surface area contributed by atoms with Gasteiger partial charge in [-0.1, -0.05) is 13.8 Å². The maximum Gasteiger partial charge on any atom is 0.136 e. The quantitative estimate of drug-likeness (QED) is 0.533. The zero-order valence-corrected chi connectivity index (χ0v) is 6.50. The van der Waals surface area contributed by atoms with Crippen molar-refractivity contribution in [3.8, 4) is 0 Å². The molecule has 0 aromatic carbocycles. The summed E-state index contributed by atoms with van der Waals surface area (Å²) in [4.78, 5) is 10.3. The summed E-state index contributed by atoms with van der Waals surface area (Å²) in [5, 5.41) is 11.5. The monoisotopic (exact) mass is 145 g/mol. The van der Waals surface area contributed by atoms with E-state index >= 15 is 0 Å². The molecule has 0 radical (unpaired) electrons. The fraction of sp³-hybridized carbons (Fsp3) is 0.857. The van der Waals surface area contributed by atoms with Gasteiger partial charge in [0.25, 0.3) is 0 Å². The van der Waals surface area contributed by atoms with Gasteiger partial charge in [-0.15, -0.1) is 0 Å². The fourth-order valence-corrected chi connectivity index (χ4v) is 0.758. The van der Waals surface area contributed by atoms with Crippen molar-refractivity contribution in [1.82, 2.24) is 5.32 Å². The van der Waals surface area contributed by atoms with E-state index in [1.165, 1.54) is 0 Å². The van der Waals surface area contributed by atoms with Crippen LogP contribution in [0.4, 0.5) is 0 Å². The van der Waals surface area contributed by atoms with E-state index in [9.17, 15) is 4.79 Å². The van der Waals surface area contributed by atoms with E-state index in [0.29, 0.717) is 12.5 Å². The minimum Gasteiger partial charge on any atom is -0.396 e. The maximum atomic E-state index is 10.3. The third kappa shape index (κ3) is 4.47. The van der Waals surface area contributed by atoms with Gasteiger partial charge in [-0.05, 0) is 6.42 Å². The average Bonchev–Trinajstić information content (AvgIpc) is 1.86. The normalized spacial score (nSPS) is 13.6. The van der Waals surface area contributed by atoms with Crippen LogP contribution in [0, 0.1) is 0 Å². The van der Waals surface area contributed by atoms with Crippen LogP contribution in [-0.2, 0) is 4.79 Å². The Morgan fingerprint density at radius 3 is 2.50 bits per heavy atom. The molecule has 60 valence electrons. The van der Waals surface area contributed by atoms with Crippen LogP contribution >= 0.6 is 0 Å². The van der Waals surface area contributed by atoms with Gasteiger partial charge in [0, 0.05) is 12.6 Å². The molecule has 0 aromatic rings. The molecule has 3 heteroatoms. The van der Waals surface area contributed by atoms with Crippen LogP contribution in [0.5, 0.6) is 0 Å². The molecule has 0 aliphatic rings. The van der Waals surface area contributed by atoms with Crippen LogP contribution in [0.15, 0.2) is 0 Å². The first-order chi connectivity index (χ1) is 4.70. The molecule has 0 saturated carbocycles. The van der Waals surface area contributed by atoms with Crippen molar-refractivity contribution in [2.24, 2.45) is 0 Å². The van der Waals surface area contributed by atoms with E-state index in [1.807, 2.05) is 13.8 Å². The highest BCUT2D eigenvalue weighted by molar-refractivity contribution is 5.57. The molecule has 1 unspecified atom stereocenters. The van der Waals surface area contributed by atoms with Gasteiger partial charge in [0.1, 0.15) is 6.29 Å². The molecule has 0 heterocycles. The van der Waals surface area contributed by atoms with Crippen molar-refractivity contribution >= 4 is 6.29 Å². The number of aliphatic hydroxyl groups excluding tert-OH is 1. The van der Waals surface area contributed by atoms with E-state index in [0.717, 1.165) is 6.29 Å². The lowest BCUT2D eigenvalue weighted by atomic mass is 10.2. The summed E-state index contributed by atoms with van der Waals surface area (Å²) in [5.74, 6) is 0. The number of aliphatic hydroxyl groups is 1. The van der Waals surface area contributed by atoms with Crippen molar-refractivity contribution in [1.29, 1.82) is 0 Å². The Labute approximate surface area is 61.4 Å². The van der Waals surface area contributed by atoms with Crippen molar-refractivity contribution in [2.45, 2.75) is 32.4 Å². The van der Waals surface area contributed by atoms with E-state index < -0.39 is 0 Å². The first-order valence-corrected chi connectivity index (χ1v) is 3.53. The molecule has 0 saturated heterocycles. The summed E-state index contributed by atoms with van der Waals surface area (Å²) in [6, 6.07) is 0.103. The molecule has 0 spiro atoms. The Bertz CT molecular complexity index is 93.6. The molecule has 2 N–H and O–H groups in total. The molecule has 0 amide bonds. The second kappa shape index (κ2) is 5.38. The molecule has 0 fully saturated rings. The zero-order chi connectivity index (χ0) is 7.98. The highest BCUT2D eigenvalue weighted by Gasteiger charge is 2.05. The Hall–Kier alpha value is -0.410. The number of hydrogen-bond acceptors (Lipinski definition) is 3. The lowest BCUT2D eigenvalue weighted by Gasteiger charge is -2.13. The van der Waals surface area contributed by atoms with Crippen LogP contribution in [-0.4, -0.2) is 30.1 Å². The molecular weight excluding hydrogens is 130 g/mol. The molecule has 0 bridgehead atoms. The lowest BCUT2D eigenvalue weighted by molar-refractivity contribution is -0.110. The predicted molar refractivity (Wildman–Crippen MR) is 39.8 cm³/mol. The molecule has 3 nitrogen and oxygen atoms in total. The van der Waals surface area contributed by atoms with Crippen molar-refractivity contribution in [2.75, 3.05) is 6.61 Å². The third-order valence-corrected chi connectivity index (χ3v) is 1.15. The van der Waals surface area contributed by atoms with Crippen molar-refractivity contribution in [3.05, 3.63) is 0 Å². The Morgan fingerprint density at radius 2 is 2.20 bits per heavy atom. The number of carbonyl (C=O) groups excluding carboxylic acids is 1. The number of rotatable bonds is 5. The van der Waals surface area contributed by atoms with E-state index in [-0.39, 0.29) is 12.6 Å². The lowest BCUT2D eigenvalue weighted by Crippen LogP contribution is -2.36. The first kappa shape index (κ1) is 9.59. The topological polar surface area (TPSA) is 49.3 Å². The van der Waals surface area contributed by atoms with Crippen LogP contribution in [0.3, 0.4) is 0 Å². The highest BCUT2D eigenvalue weighted by atomic mass is 16.3. The standard InChI is InChI=1S/C7H15NO2/c1-6(2)8-7(5-10)3-4-9/h5-9H,3-4H2,1-2H3. The summed E-state index contributed by atoms with van der Waals surface area (Å²) in [6.07, 6.45) is 1.33. The van der Waals surface area contributed by atoms with Gasteiger partial charge in [0.05, 0.1) is 6.04 Å². The number of nitrogens with one attached hydrogen (secondary N) is 1. The average molecular weight is 145 g/mol. The van der Waals surface area contributed by atoms with Gasteiger partial charge in [-0.2, -0.15) is 0 Å². The van der Waals surface area contributed by atoms with E-state index in [2.05, 4.69) is 5.32 Å². The van der Waals surface area contributed by atoms with Crippen LogP contribution in [0.25, 0.3) is 0 Å². The molecule has 0 aliphatic heterocycles. The molecule has 1 atom stereocenters. The Morgan fingerprint density at radius 1 is 1.60 bits per heavy atom. The summed E-state index contributed by atoms with van der Waals surface area (Å²) in [5.41, 5.74) is 0. The summed E-state index contributed by atoms with van der Waals surface area (Å²) in [6.45, 7) is 3.99. The molecule has 0 rings (SSSR count).